The van der Waals surface area contributed by atoms with Crippen molar-refractivity contribution in [2.75, 3.05) is 48.4 Å². The van der Waals surface area contributed by atoms with E-state index in [4.69, 9.17) is 9.47 Å². The molecule has 0 unspecified atom stereocenters. The summed E-state index contributed by atoms with van der Waals surface area (Å²) in [5, 5.41) is 0. The number of methoxy groups -OCH3 is 1. The van der Waals surface area contributed by atoms with Gasteiger partial charge in [0.1, 0.15) is 17.2 Å². The molecule has 0 radical (unpaired) electrons. The number of nitrogens with zero attached hydrogens (tertiary/aromatic N) is 2. The van der Waals surface area contributed by atoms with Crippen molar-refractivity contribution in [3.05, 3.63) is 54.1 Å². The van der Waals surface area contributed by atoms with Crippen molar-refractivity contribution in [1.29, 1.82) is 0 Å². The van der Waals surface area contributed by atoms with Crippen LogP contribution in [0.5, 0.6) is 17.2 Å². The minimum Gasteiger partial charge on any atom is -0.497 e. The van der Waals surface area contributed by atoms with Gasteiger partial charge in [-0.2, -0.15) is 0 Å². The van der Waals surface area contributed by atoms with Gasteiger partial charge >= 0.3 is 0 Å². The standard InChI is InChI=1S/C21H28N2O3/c1-22(2)14-17(15-23(3)4)21(24)16-6-8-19(9-7-16)26-20-12-10-18(25-5)11-13-20/h6-13,17H,14-15H2,1-5H3. The lowest BCUT2D eigenvalue weighted by Gasteiger charge is -2.23. The third-order valence-electron chi connectivity index (χ3n) is 3.98. The van der Waals surface area contributed by atoms with E-state index in [-0.39, 0.29) is 11.7 Å². The summed E-state index contributed by atoms with van der Waals surface area (Å²) in [6, 6.07) is 14.7. The van der Waals surface area contributed by atoms with Crippen LogP contribution in [0.2, 0.25) is 0 Å². The molecule has 140 valence electrons. The average molecular weight is 356 g/mol. The zero-order valence-corrected chi connectivity index (χ0v) is 16.2. The number of Topliss-reactive ketones (excluding diaryl/α,β-unsaturated/α-hetero) is 1. The fourth-order valence-corrected chi connectivity index (χ4v) is 2.81. The number of benzene rings is 2. The van der Waals surface area contributed by atoms with Gasteiger partial charge in [0.15, 0.2) is 5.78 Å². The molecular formula is C21H28N2O3. The highest BCUT2D eigenvalue weighted by molar-refractivity contribution is 5.98. The van der Waals surface area contributed by atoms with Crippen molar-refractivity contribution in [1.82, 2.24) is 9.80 Å². The van der Waals surface area contributed by atoms with Crippen LogP contribution in [0.4, 0.5) is 0 Å². The Bertz CT molecular complexity index is 684. The van der Waals surface area contributed by atoms with Gasteiger partial charge in [0.25, 0.3) is 0 Å². The summed E-state index contributed by atoms with van der Waals surface area (Å²) in [7, 11) is 9.58. The van der Waals surface area contributed by atoms with Crippen LogP contribution in [0.15, 0.2) is 48.5 Å². The normalized spacial score (nSPS) is 11.2. The summed E-state index contributed by atoms with van der Waals surface area (Å²) in [5.74, 6) is 2.30. The number of carbonyl (C=O) groups is 1. The Morgan fingerprint density at radius 1 is 0.808 bits per heavy atom. The molecule has 5 heteroatoms. The number of ether oxygens (including phenoxy) is 2. The third-order valence-corrected chi connectivity index (χ3v) is 3.98. The molecule has 0 amide bonds. The van der Waals surface area contributed by atoms with E-state index >= 15 is 0 Å². The van der Waals surface area contributed by atoms with Crippen molar-refractivity contribution in [3.8, 4) is 17.2 Å². The highest BCUT2D eigenvalue weighted by Crippen LogP contribution is 2.24. The Hall–Kier alpha value is -2.37. The van der Waals surface area contributed by atoms with Crippen LogP contribution in [0.25, 0.3) is 0 Å². The van der Waals surface area contributed by atoms with Crippen molar-refractivity contribution in [2.24, 2.45) is 5.92 Å². The lowest BCUT2D eigenvalue weighted by atomic mass is 9.96. The van der Waals surface area contributed by atoms with Crippen LogP contribution in [0, 0.1) is 5.92 Å². The van der Waals surface area contributed by atoms with E-state index in [1.807, 2.05) is 86.5 Å². The summed E-state index contributed by atoms with van der Waals surface area (Å²) in [6.07, 6.45) is 0. The van der Waals surface area contributed by atoms with Gasteiger partial charge in [-0.3, -0.25) is 4.79 Å². The lowest BCUT2D eigenvalue weighted by Crippen LogP contribution is -2.35. The van der Waals surface area contributed by atoms with Crippen LogP contribution in [0.3, 0.4) is 0 Å². The zero-order valence-electron chi connectivity index (χ0n) is 16.2. The molecule has 2 aromatic carbocycles. The number of rotatable bonds is 9. The summed E-state index contributed by atoms with van der Waals surface area (Å²) in [5.41, 5.74) is 0.709. The molecule has 2 aromatic rings. The second-order valence-corrected chi connectivity index (χ2v) is 6.89. The fourth-order valence-electron chi connectivity index (χ4n) is 2.81. The molecule has 0 saturated heterocycles. The van der Waals surface area contributed by atoms with E-state index in [2.05, 4.69) is 0 Å². The van der Waals surface area contributed by atoms with Gasteiger partial charge in [-0.25, -0.2) is 0 Å². The molecule has 0 spiro atoms. The van der Waals surface area contributed by atoms with Gasteiger partial charge in [-0.05, 0) is 76.7 Å². The highest BCUT2D eigenvalue weighted by Gasteiger charge is 2.21. The van der Waals surface area contributed by atoms with Gasteiger partial charge in [0.05, 0.1) is 7.11 Å². The van der Waals surface area contributed by atoms with E-state index in [0.717, 1.165) is 24.6 Å². The van der Waals surface area contributed by atoms with Gasteiger partial charge in [-0.15, -0.1) is 0 Å². The summed E-state index contributed by atoms with van der Waals surface area (Å²) in [4.78, 5) is 16.9. The van der Waals surface area contributed by atoms with E-state index < -0.39 is 0 Å². The Balaban J connectivity index is 2.07. The second-order valence-electron chi connectivity index (χ2n) is 6.89. The topological polar surface area (TPSA) is 42.0 Å². The molecule has 0 heterocycles. The molecule has 5 nitrogen and oxygen atoms in total. The lowest BCUT2D eigenvalue weighted by molar-refractivity contribution is 0.0871. The van der Waals surface area contributed by atoms with Crippen molar-refractivity contribution < 1.29 is 14.3 Å². The predicted molar refractivity (Wildman–Crippen MR) is 104 cm³/mol. The molecule has 0 saturated carbocycles. The van der Waals surface area contributed by atoms with Crippen LogP contribution < -0.4 is 9.47 Å². The minimum atomic E-state index is -0.0617. The Morgan fingerprint density at radius 2 is 1.23 bits per heavy atom. The third kappa shape index (κ3) is 5.86. The Kier molecular flexibility index (Phi) is 7.18. The summed E-state index contributed by atoms with van der Waals surface area (Å²) < 4.78 is 11.0. The molecule has 2 rings (SSSR count). The zero-order chi connectivity index (χ0) is 19.1. The fraction of sp³-hybridized carbons (Fsp3) is 0.381. The first-order chi connectivity index (χ1) is 12.4. The van der Waals surface area contributed by atoms with Crippen molar-refractivity contribution >= 4 is 5.78 Å². The van der Waals surface area contributed by atoms with Crippen LogP contribution in [-0.2, 0) is 0 Å². The molecule has 0 fully saturated rings. The van der Waals surface area contributed by atoms with Gasteiger partial charge in [0, 0.05) is 24.6 Å². The van der Waals surface area contributed by atoms with E-state index in [1.165, 1.54) is 0 Å². The molecule has 0 atom stereocenters. The maximum Gasteiger partial charge on any atom is 0.168 e. The maximum atomic E-state index is 12.8. The first kappa shape index (κ1) is 19.9. The number of hydrogen-bond acceptors (Lipinski definition) is 5. The van der Waals surface area contributed by atoms with E-state index in [0.29, 0.717) is 11.3 Å². The maximum absolute atomic E-state index is 12.8. The number of carbonyl (C=O) groups excluding carboxylic acids is 1. The number of ketones is 1. The predicted octanol–water partition coefficient (Wildman–Crippen LogP) is 3.41. The molecule has 0 aromatic heterocycles. The molecule has 0 bridgehead atoms. The van der Waals surface area contributed by atoms with E-state index in [9.17, 15) is 4.79 Å². The largest absolute Gasteiger partial charge is 0.497 e. The van der Waals surface area contributed by atoms with Crippen LogP contribution >= 0.6 is 0 Å². The molecule has 26 heavy (non-hydrogen) atoms. The second kappa shape index (κ2) is 9.36. The van der Waals surface area contributed by atoms with E-state index in [1.54, 1.807) is 7.11 Å². The first-order valence-electron chi connectivity index (χ1n) is 8.64. The molecule has 0 N–H and O–H groups in total. The molecular weight excluding hydrogens is 328 g/mol. The highest BCUT2D eigenvalue weighted by atomic mass is 16.5. The monoisotopic (exact) mass is 356 g/mol. The quantitative estimate of drug-likeness (QED) is 0.644. The van der Waals surface area contributed by atoms with Crippen molar-refractivity contribution in [2.45, 2.75) is 0 Å². The Morgan fingerprint density at radius 3 is 1.65 bits per heavy atom. The molecule has 0 aliphatic heterocycles. The smallest absolute Gasteiger partial charge is 0.168 e. The van der Waals surface area contributed by atoms with Crippen LogP contribution in [0.1, 0.15) is 10.4 Å². The van der Waals surface area contributed by atoms with Gasteiger partial charge in [0.2, 0.25) is 0 Å². The average Bonchev–Trinajstić information content (AvgIpc) is 2.61. The summed E-state index contributed by atoms with van der Waals surface area (Å²) in [6.45, 7) is 1.45. The van der Waals surface area contributed by atoms with Crippen molar-refractivity contribution in [3.63, 3.8) is 0 Å². The van der Waals surface area contributed by atoms with Gasteiger partial charge < -0.3 is 19.3 Å². The molecule has 0 aliphatic carbocycles. The SMILES string of the molecule is COc1ccc(Oc2ccc(C(=O)C(CN(C)C)CN(C)C)cc2)cc1. The summed E-state index contributed by atoms with van der Waals surface area (Å²) >= 11 is 0. The molecule has 0 aliphatic rings. The van der Waals surface area contributed by atoms with Crippen LogP contribution in [-0.4, -0.2) is 64.0 Å². The van der Waals surface area contributed by atoms with Gasteiger partial charge in [-0.1, -0.05) is 0 Å². The minimum absolute atomic E-state index is 0.0617. The number of hydrogen-bond donors (Lipinski definition) is 0. The Labute approximate surface area is 156 Å². The first-order valence-corrected chi connectivity index (χ1v) is 8.64.